The molecule has 14 nitrogen and oxygen atoms in total. The zero-order valence-corrected chi connectivity index (χ0v) is 46.2. The first kappa shape index (κ1) is 56.0. The molecule has 3 heterocycles. The highest BCUT2D eigenvalue weighted by Crippen LogP contribution is 2.45. The number of aliphatic hydroxyl groups excluding tert-OH is 1. The molecule has 0 bridgehead atoms. The van der Waals surface area contributed by atoms with Crippen molar-refractivity contribution in [2.75, 3.05) is 71.0 Å². The van der Waals surface area contributed by atoms with Crippen molar-refractivity contribution >= 4 is 71.9 Å². The van der Waals surface area contributed by atoms with Gasteiger partial charge in [0.05, 0.1) is 45.3 Å². The molecule has 1 atom stereocenters. The first-order chi connectivity index (χ1) is 36.5. The van der Waals surface area contributed by atoms with Gasteiger partial charge < -0.3 is 40.5 Å². The van der Waals surface area contributed by atoms with Gasteiger partial charge >= 0.3 is 5.51 Å². The molecule has 1 aromatic heterocycles. The first-order valence-electron chi connectivity index (χ1n) is 25.5. The molecule has 0 spiro atoms. The largest absolute Gasteiger partial charge is 0.501 e. The van der Waals surface area contributed by atoms with Crippen LogP contribution in [0, 0.1) is 6.92 Å². The fourth-order valence-corrected chi connectivity index (χ4v) is 14.4. The number of rotatable bonds is 18. The third kappa shape index (κ3) is 12.1. The lowest BCUT2D eigenvalue weighted by molar-refractivity contribution is -0.0435. The van der Waals surface area contributed by atoms with E-state index in [1.807, 2.05) is 85.3 Å². The lowest BCUT2D eigenvalue weighted by atomic mass is 9.77. The summed E-state index contributed by atoms with van der Waals surface area (Å²) in [4.78, 5) is 19.1. The van der Waals surface area contributed by atoms with Gasteiger partial charge in [-0.15, -0.1) is 11.8 Å². The molecule has 3 fully saturated rings. The van der Waals surface area contributed by atoms with Crippen molar-refractivity contribution < 1.29 is 45.0 Å². The zero-order chi connectivity index (χ0) is 55.0. The summed E-state index contributed by atoms with van der Waals surface area (Å²) < 4.78 is 104. The molecule has 2 saturated heterocycles. The maximum absolute atomic E-state index is 14.9. The number of piperazine rings is 1. The van der Waals surface area contributed by atoms with Gasteiger partial charge in [-0.25, -0.2) is 16.8 Å². The molecule has 1 aliphatic carbocycles. The first-order valence-corrected chi connectivity index (χ1v) is 29.8. The Hall–Kier alpha value is -5.74. The van der Waals surface area contributed by atoms with Crippen LogP contribution in [-0.4, -0.2) is 123 Å². The lowest BCUT2D eigenvalue weighted by Gasteiger charge is -2.47. The van der Waals surface area contributed by atoms with Crippen LogP contribution in [0.15, 0.2) is 136 Å². The molecule has 0 radical (unpaired) electrons. The summed E-state index contributed by atoms with van der Waals surface area (Å²) in [5.74, 6) is -0.170. The number of piperidine rings is 1. The van der Waals surface area contributed by atoms with Crippen LogP contribution >= 0.6 is 23.4 Å². The molecule has 410 valence electrons. The summed E-state index contributed by atoms with van der Waals surface area (Å²) in [6.07, 6.45) is 1.12. The van der Waals surface area contributed by atoms with Gasteiger partial charge in [0.2, 0.25) is 0 Å². The van der Waals surface area contributed by atoms with Crippen LogP contribution < -0.4 is 25.2 Å². The number of hydrogen-bond acceptors (Lipinski definition) is 12. The summed E-state index contributed by atoms with van der Waals surface area (Å²) in [6, 6.07) is 32.9. The third-order valence-corrected chi connectivity index (χ3v) is 19.8. The van der Waals surface area contributed by atoms with Crippen LogP contribution in [0.5, 0.6) is 0 Å². The molecule has 1 saturated carbocycles. The topological polar surface area (TPSA) is 182 Å². The number of hydrogen-bond donors (Lipinski definition) is 4. The number of sulfonamides is 1. The van der Waals surface area contributed by atoms with E-state index in [2.05, 4.69) is 20.0 Å². The number of nitrogens with one attached hydrogen (secondary N) is 1. The molecule has 0 unspecified atom stereocenters. The van der Waals surface area contributed by atoms with Crippen molar-refractivity contribution in [1.29, 1.82) is 0 Å². The summed E-state index contributed by atoms with van der Waals surface area (Å²) in [5, 5.41) is 24.6. The molecule has 2 aliphatic heterocycles. The smallest absolute Gasteiger partial charge is 0.393 e. The molecule has 77 heavy (non-hydrogen) atoms. The molecular weight excluding hydrogens is 1070 g/mol. The van der Waals surface area contributed by atoms with Gasteiger partial charge in [0.1, 0.15) is 4.90 Å². The number of likely N-dealkylation sites (tertiary alicyclic amines) is 1. The number of sulfone groups is 1. The molecule has 6 aromatic rings. The number of aliphatic hydroxyl groups is 2. The normalized spacial score (nSPS) is 19.2. The standard InChI is InChI=1S/C56H63ClF3N7O7S3/c1-37-51(54(61)69)52(53(63(37)3)38-12-14-40(57)15-13-38)39-8-7-9-43(32-39)66-30-28-65(29-31-66)42-16-19-48(20-17-42)77(73,74)67(45-34-55(2,70)35-45)44-18-21-49(50(33-44)76(71,72)56(58,59)60)62-41(36-75-47-10-5-4-6-11-47)22-25-64-26-23-46(68)24-27-64/h4-21,32-33,41,45-46,62,68,70H,22-31,34-36H2,1-3H3,(H2,61,69)/t41-,45?,55?/m1/s1. The van der Waals surface area contributed by atoms with E-state index in [0.717, 1.165) is 54.7 Å². The Bertz CT molecular complexity index is 3310. The summed E-state index contributed by atoms with van der Waals surface area (Å²) >= 11 is 7.70. The van der Waals surface area contributed by atoms with E-state index in [-0.39, 0.29) is 29.1 Å². The van der Waals surface area contributed by atoms with Crippen molar-refractivity contribution in [3.8, 4) is 22.4 Å². The molecule has 9 rings (SSSR count). The van der Waals surface area contributed by atoms with Crippen molar-refractivity contribution in [2.24, 2.45) is 12.8 Å². The predicted octanol–water partition coefficient (Wildman–Crippen LogP) is 9.57. The Kier molecular flexibility index (Phi) is 16.4. The number of nitrogens with two attached hydrogens (primary N) is 1. The quantitative estimate of drug-likeness (QED) is 0.0600. The van der Waals surface area contributed by atoms with Crippen LogP contribution in [0.1, 0.15) is 55.1 Å². The van der Waals surface area contributed by atoms with Gasteiger partial charge in [0.25, 0.3) is 25.8 Å². The molecule has 21 heteroatoms. The summed E-state index contributed by atoms with van der Waals surface area (Å²) in [7, 11) is -8.73. The van der Waals surface area contributed by atoms with Gasteiger partial charge in [-0.05, 0) is 136 Å². The number of halogens is 4. The highest BCUT2D eigenvalue weighted by atomic mass is 35.5. The summed E-state index contributed by atoms with van der Waals surface area (Å²) in [5.41, 5.74) is 4.47. The number of benzene rings is 5. The van der Waals surface area contributed by atoms with E-state index in [1.165, 1.54) is 43.0 Å². The molecular formula is C56H63ClF3N7O7S3. The minimum Gasteiger partial charge on any atom is -0.393 e. The summed E-state index contributed by atoms with van der Waals surface area (Å²) in [6.45, 7) is 7.56. The number of aromatic nitrogens is 1. The average Bonchev–Trinajstić information content (AvgIpc) is 3.67. The van der Waals surface area contributed by atoms with Crippen molar-refractivity contribution in [2.45, 2.75) is 89.9 Å². The number of alkyl halides is 3. The molecule has 1 amide bonds. The minimum absolute atomic E-state index is 0.0496. The second kappa shape index (κ2) is 22.5. The SMILES string of the molecule is Cc1c(C(N)=O)c(-c2cccc(N3CCN(c4ccc(S(=O)(=O)N(c5ccc(N[C@H](CCN6CCC(O)CC6)CSc6ccccc6)c(S(=O)(=O)C(F)(F)F)c5)C5CC(C)(O)C5)cc4)CC3)c2)c(-c2ccc(Cl)cc2)n1C. The number of thioether (sulfide) groups is 1. The van der Waals surface area contributed by atoms with Crippen LogP contribution in [0.25, 0.3) is 22.4 Å². The van der Waals surface area contributed by atoms with Crippen LogP contribution in [0.2, 0.25) is 5.02 Å². The second-order valence-electron chi connectivity index (χ2n) is 20.4. The van der Waals surface area contributed by atoms with Gasteiger partial charge in [-0.2, -0.15) is 13.2 Å². The van der Waals surface area contributed by atoms with Crippen LogP contribution in [0.4, 0.5) is 35.9 Å². The monoisotopic (exact) mass is 1130 g/mol. The molecule has 3 aliphatic rings. The average molecular weight is 1130 g/mol. The van der Waals surface area contributed by atoms with Crippen LogP contribution in [-0.2, 0) is 26.9 Å². The van der Waals surface area contributed by atoms with Crippen molar-refractivity contribution in [1.82, 2.24) is 9.47 Å². The van der Waals surface area contributed by atoms with Gasteiger partial charge in [-0.3, -0.25) is 9.10 Å². The Morgan fingerprint density at radius 1 is 0.844 bits per heavy atom. The van der Waals surface area contributed by atoms with Gasteiger partial charge in [0.15, 0.2) is 0 Å². The number of anilines is 4. The van der Waals surface area contributed by atoms with Crippen molar-refractivity contribution in [3.63, 3.8) is 0 Å². The fourth-order valence-electron chi connectivity index (χ4n) is 10.7. The second-order valence-corrected chi connectivity index (χ2v) is 25.7. The third-order valence-electron chi connectivity index (χ3n) is 15.0. The van der Waals surface area contributed by atoms with Gasteiger partial charge in [-0.1, -0.05) is 54.1 Å². The number of primary amides is 1. The zero-order valence-electron chi connectivity index (χ0n) is 43.0. The Morgan fingerprint density at radius 3 is 2.09 bits per heavy atom. The lowest BCUT2D eigenvalue weighted by Crippen LogP contribution is -2.55. The Balaban J connectivity index is 0.958. The van der Waals surface area contributed by atoms with E-state index in [0.29, 0.717) is 81.4 Å². The number of carbonyl (C=O) groups is 1. The van der Waals surface area contributed by atoms with E-state index >= 15 is 0 Å². The molecule has 5 aromatic carbocycles. The Morgan fingerprint density at radius 2 is 1.48 bits per heavy atom. The Labute approximate surface area is 457 Å². The minimum atomic E-state index is -6.05. The van der Waals surface area contributed by atoms with Crippen LogP contribution in [0.3, 0.4) is 0 Å². The fraction of sp³-hybridized carbons (Fsp3) is 0.375. The van der Waals surface area contributed by atoms with Gasteiger partial charge in [0, 0.05) is 97.2 Å². The van der Waals surface area contributed by atoms with Crippen molar-refractivity contribution in [3.05, 3.63) is 138 Å². The maximum atomic E-state index is 14.9. The van der Waals surface area contributed by atoms with E-state index in [4.69, 9.17) is 17.3 Å². The number of amides is 1. The van der Waals surface area contributed by atoms with E-state index in [9.17, 15) is 45.0 Å². The highest BCUT2D eigenvalue weighted by Gasteiger charge is 2.50. The number of carbonyl (C=O) groups excluding carboxylic acids is 1. The van der Waals surface area contributed by atoms with E-state index < -0.39 is 60.0 Å². The molecule has 5 N–H and O–H groups in total. The maximum Gasteiger partial charge on any atom is 0.501 e. The van der Waals surface area contributed by atoms with E-state index in [1.54, 1.807) is 24.3 Å². The number of nitrogens with zero attached hydrogens (tertiary/aromatic N) is 5. The highest BCUT2D eigenvalue weighted by molar-refractivity contribution is 7.99. The predicted molar refractivity (Wildman–Crippen MR) is 299 cm³/mol.